The molecule has 0 unspecified atom stereocenters. The molecule has 0 fully saturated rings. The molecule has 8 heteroatoms. The van der Waals surface area contributed by atoms with Gasteiger partial charge in [-0.25, -0.2) is 19.2 Å². The molecule has 0 saturated carbocycles. The van der Waals surface area contributed by atoms with Gasteiger partial charge in [-0.3, -0.25) is 0 Å². The lowest BCUT2D eigenvalue weighted by Crippen LogP contribution is -2.00. The van der Waals surface area contributed by atoms with Gasteiger partial charge in [0.1, 0.15) is 0 Å². The first-order valence-corrected chi connectivity index (χ1v) is 12.4. The molecule has 0 rings (SSSR count). The number of carbonyl (C=O) groups is 4. The summed E-state index contributed by atoms with van der Waals surface area (Å²) in [5.41, 5.74) is 0. The topological polar surface area (TPSA) is 105 Å². The largest absolute Gasteiger partial charge is 0.463 e. The summed E-state index contributed by atoms with van der Waals surface area (Å²) in [6, 6.07) is 0. The maximum Gasteiger partial charge on any atom is 0.330 e. The van der Waals surface area contributed by atoms with Crippen LogP contribution in [-0.4, -0.2) is 50.3 Å². The predicted octanol–water partition coefficient (Wildman–Crippen LogP) is 6.06. The van der Waals surface area contributed by atoms with Crippen LogP contribution in [0, 0.1) is 0 Å². The minimum atomic E-state index is -0.330. The van der Waals surface area contributed by atoms with Crippen molar-refractivity contribution in [3.8, 4) is 0 Å². The fraction of sp³-hybridized carbons (Fsp3) is 0.571. The monoisotopic (exact) mass is 512 g/mol. The van der Waals surface area contributed by atoms with E-state index in [9.17, 15) is 19.2 Å². The van der Waals surface area contributed by atoms with Crippen LogP contribution in [0.5, 0.6) is 0 Å². The zero-order valence-corrected chi connectivity index (χ0v) is 22.9. The summed E-state index contributed by atoms with van der Waals surface area (Å²) in [4.78, 5) is 41.4. The van der Waals surface area contributed by atoms with Crippen LogP contribution in [0.4, 0.5) is 0 Å². The summed E-state index contributed by atoms with van der Waals surface area (Å²) in [5.74, 6) is -1.32. The second-order valence-corrected chi connectivity index (χ2v) is 6.90. The van der Waals surface area contributed by atoms with E-state index in [1.165, 1.54) is 24.3 Å². The second kappa shape index (κ2) is 36.4. The van der Waals surface area contributed by atoms with Gasteiger partial charge in [0.15, 0.2) is 0 Å². The van der Waals surface area contributed by atoms with Crippen molar-refractivity contribution in [1.29, 1.82) is 0 Å². The zero-order chi connectivity index (χ0) is 28.5. The molecule has 8 nitrogen and oxygen atoms in total. The third kappa shape index (κ3) is 44.5. The zero-order valence-electron chi connectivity index (χ0n) is 22.9. The van der Waals surface area contributed by atoms with Crippen molar-refractivity contribution in [3.63, 3.8) is 0 Å². The van der Waals surface area contributed by atoms with E-state index < -0.39 is 0 Å². The summed E-state index contributed by atoms with van der Waals surface area (Å²) in [6.45, 7) is 23.3. The minimum Gasteiger partial charge on any atom is -0.463 e. The van der Waals surface area contributed by atoms with Gasteiger partial charge in [0.25, 0.3) is 0 Å². The van der Waals surface area contributed by atoms with Gasteiger partial charge in [0, 0.05) is 24.3 Å². The molecule has 0 aliphatic rings. The fourth-order valence-electron chi connectivity index (χ4n) is 1.50. The molecule has 0 aromatic heterocycles. The van der Waals surface area contributed by atoms with Crippen LogP contribution in [0.3, 0.4) is 0 Å². The van der Waals surface area contributed by atoms with Crippen LogP contribution in [0.15, 0.2) is 50.6 Å². The van der Waals surface area contributed by atoms with E-state index in [0.29, 0.717) is 26.4 Å². The molecule has 0 saturated heterocycles. The van der Waals surface area contributed by atoms with E-state index in [-0.39, 0.29) is 23.9 Å². The standard InChI is InChI=1S/4C7H12O2/c4*1-3-5-6-9-7(8)4-2/h4*4H,2-3,5-6H2,1H3. The molecule has 0 spiro atoms. The van der Waals surface area contributed by atoms with Gasteiger partial charge in [-0.2, -0.15) is 0 Å². The van der Waals surface area contributed by atoms with Gasteiger partial charge in [-0.15, -0.1) is 0 Å². The molecule has 0 aliphatic carbocycles. The van der Waals surface area contributed by atoms with Crippen molar-refractivity contribution < 1.29 is 38.1 Å². The molecule has 0 heterocycles. The molecule has 0 atom stereocenters. The Labute approximate surface area is 218 Å². The molecular weight excluding hydrogens is 464 g/mol. The number of hydrogen-bond acceptors (Lipinski definition) is 8. The van der Waals surface area contributed by atoms with Crippen LogP contribution in [-0.2, 0) is 38.1 Å². The Balaban J connectivity index is -0.000000190. The number of carbonyl (C=O) groups excluding carboxylic acids is 4. The lowest BCUT2D eigenvalue weighted by atomic mass is 10.4. The smallest absolute Gasteiger partial charge is 0.330 e. The molecule has 0 aliphatic heterocycles. The van der Waals surface area contributed by atoms with Crippen LogP contribution in [0.25, 0.3) is 0 Å². The average molecular weight is 513 g/mol. The van der Waals surface area contributed by atoms with Gasteiger partial charge >= 0.3 is 23.9 Å². The maximum atomic E-state index is 10.3. The number of unbranched alkanes of at least 4 members (excludes halogenated alkanes) is 4. The van der Waals surface area contributed by atoms with Crippen molar-refractivity contribution in [3.05, 3.63) is 50.6 Å². The number of esters is 4. The Hall–Kier alpha value is -3.16. The lowest BCUT2D eigenvalue weighted by molar-refractivity contribution is -0.138. The van der Waals surface area contributed by atoms with E-state index in [2.05, 4.69) is 45.3 Å². The van der Waals surface area contributed by atoms with Crippen LogP contribution < -0.4 is 0 Å². The van der Waals surface area contributed by atoms with Crippen LogP contribution in [0.2, 0.25) is 0 Å². The number of hydrogen-bond donors (Lipinski definition) is 0. The number of rotatable bonds is 16. The number of ether oxygens (including phenoxy) is 4. The molecule has 0 N–H and O–H groups in total. The van der Waals surface area contributed by atoms with Gasteiger partial charge < -0.3 is 18.9 Å². The highest BCUT2D eigenvalue weighted by Crippen LogP contribution is 1.90. The quantitative estimate of drug-likeness (QED) is 0.106. The van der Waals surface area contributed by atoms with Crippen molar-refractivity contribution >= 4 is 23.9 Å². The van der Waals surface area contributed by atoms with Crippen molar-refractivity contribution in [2.45, 2.75) is 79.1 Å². The van der Waals surface area contributed by atoms with Crippen molar-refractivity contribution in [2.75, 3.05) is 26.4 Å². The minimum absolute atomic E-state index is 0.330. The summed E-state index contributed by atoms with van der Waals surface area (Å²) in [5, 5.41) is 0. The Morgan fingerprint density at radius 2 is 0.611 bits per heavy atom. The fourth-order valence-corrected chi connectivity index (χ4v) is 1.50. The third-order valence-electron chi connectivity index (χ3n) is 3.64. The van der Waals surface area contributed by atoms with E-state index in [1.807, 2.05) is 27.7 Å². The van der Waals surface area contributed by atoms with Crippen molar-refractivity contribution in [1.82, 2.24) is 0 Å². The van der Waals surface area contributed by atoms with E-state index in [4.69, 9.17) is 0 Å². The SMILES string of the molecule is C=CC(=O)OCCCC.C=CC(=O)OCCCC.C=CC(=O)OCCCC.C=CC(=O)OCCCC. The summed E-state index contributed by atoms with van der Waals surface area (Å²) in [7, 11) is 0. The Kier molecular flexibility index (Phi) is 40.5. The second-order valence-electron chi connectivity index (χ2n) is 6.90. The van der Waals surface area contributed by atoms with E-state index >= 15 is 0 Å². The van der Waals surface area contributed by atoms with Crippen LogP contribution >= 0.6 is 0 Å². The van der Waals surface area contributed by atoms with Gasteiger partial charge in [0.2, 0.25) is 0 Å². The molecule has 0 aromatic carbocycles. The normalized spacial score (nSPS) is 8.56. The molecule has 0 amide bonds. The molecule has 0 aromatic rings. The Morgan fingerprint density at radius 1 is 0.444 bits per heavy atom. The first-order chi connectivity index (χ1) is 17.2. The van der Waals surface area contributed by atoms with Gasteiger partial charge in [-0.1, -0.05) is 79.7 Å². The molecule has 0 radical (unpaired) electrons. The summed E-state index contributed by atoms with van der Waals surface area (Å²) in [6.07, 6.45) is 12.6. The summed E-state index contributed by atoms with van der Waals surface area (Å²) >= 11 is 0. The molecule has 0 bridgehead atoms. The van der Waals surface area contributed by atoms with E-state index in [1.54, 1.807) is 0 Å². The molecule has 208 valence electrons. The van der Waals surface area contributed by atoms with E-state index in [0.717, 1.165) is 51.4 Å². The molecular formula is C28H48O8. The Bertz CT molecular complexity index is 492. The highest BCUT2D eigenvalue weighted by molar-refractivity contribution is 5.82. The van der Waals surface area contributed by atoms with Gasteiger partial charge in [0.05, 0.1) is 26.4 Å². The lowest BCUT2D eigenvalue weighted by Gasteiger charge is -1.97. The highest BCUT2D eigenvalue weighted by Gasteiger charge is 1.93. The summed E-state index contributed by atoms with van der Waals surface area (Å²) < 4.78 is 18.7. The highest BCUT2D eigenvalue weighted by atomic mass is 16.5. The maximum absolute atomic E-state index is 10.3. The third-order valence-corrected chi connectivity index (χ3v) is 3.64. The predicted molar refractivity (Wildman–Crippen MR) is 144 cm³/mol. The Morgan fingerprint density at radius 3 is 0.722 bits per heavy atom. The van der Waals surface area contributed by atoms with Gasteiger partial charge in [-0.05, 0) is 25.7 Å². The average Bonchev–Trinajstić information content (AvgIpc) is 2.89. The first kappa shape index (κ1) is 40.0. The van der Waals surface area contributed by atoms with Crippen molar-refractivity contribution in [2.24, 2.45) is 0 Å². The molecule has 36 heavy (non-hydrogen) atoms. The first-order valence-electron chi connectivity index (χ1n) is 12.4. The van der Waals surface area contributed by atoms with Crippen LogP contribution in [0.1, 0.15) is 79.1 Å².